The third kappa shape index (κ3) is 3.89. The maximum absolute atomic E-state index is 11.9. The Balaban J connectivity index is 1.53. The van der Waals surface area contributed by atoms with Crippen LogP contribution in [0.25, 0.3) is 0 Å². The molecule has 1 aliphatic carbocycles. The van der Waals surface area contributed by atoms with Crippen LogP contribution >= 0.6 is 0 Å². The number of rotatable bonds is 3. The number of aryl methyl sites for hydroxylation is 1. The van der Waals surface area contributed by atoms with Gasteiger partial charge >= 0.3 is 6.09 Å². The maximum Gasteiger partial charge on any atom is 0.407 e. The van der Waals surface area contributed by atoms with Crippen molar-refractivity contribution in [3.63, 3.8) is 0 Å². The van der Waals surface area contributed by atoms with Crippen molar-refractivity contribution in [2.24, 2.45) is 0 Å². The number of nitrogens with zero attached hydrogens (tertiary/aromatic N) is 1. The Bertz CT molecular complexity index is 735. The largest absolute Gasteiger partial charge is 0.445 e. The highest BCUT2D eigenvalue weighted by Crippen LogP contribution is 2.22. The first-order chi connectivity index (χ1) is 11.2. The van der Waals surface area contributed by atoms with Crippen LogP contribution in [0.4, 0.5) is 4.79 Å². The summed E-state index contributed by atoms with van der Waals surface area (Å²) >= 11 is 0. The van der Waals surface area contributed by atoms with E-state index in [0.717, 1.165) is 24.8 Å². The fraction of sp³-hybridized carbons (Fsp3) is 0.263. The number of benzene rings is 2. The average molecular weight is 306 g/mol. The number of ether oxygens (including phenoxy) is 1. The number of hydrogen-bond donors (Lipinski definition) is 1. The highest BCUT2D eigenvalue weighted by Gasteiger charge is 2.21. The molecule has 0 aliphatic heterocycles. The van der Waals surface area contributed by atoms with Crippen molar-refractivity contribution >= 4 is 6.09 Å². The second-order valence-corrected chi connectivity index (χ2v) is 5.74. The normalized spacial score (nSPS) is 16.0. The van der Waals surface area contributed by atoms with E-state index in [1.165, 1.54) is 11.1 Å². The third-order valence-electron chi connectivity index (χ3n) is 4.10. The minimum Gasteiger partial charge on any atom is -0.445 e. The summed E-state index contributed by atoms with van der Waals surface area (Å²) in [6.45, 7) is 0.279. The van der Waals surface area contributed by atoms with E-state index < -0.39 is 0 Å². The van der Waals surface area contributed by atoms with Gasteiger partial charge in [0.2, 0.25) is 0 Å². The Morgan fingerprint density at radius 2 is 2.04 bits per heavy atom. The topological polar surface area (TPSA) is 62.1 Å². The maximum atomic E-state index is 11.9. The number of carbonyl (C=O) groups excluding carboxylic acids is 1. The Morgan fingerprint density at radius 3 is 2.83 bits per heavy atom. The van der Waals surface area contributed by atoms with Gasteiger partial charge in [-0.05, 0) is 48.1 Å². The molecule has 23 heavy (non-hydrogen) atoms. The first-order valence-corrected chi connectivity index (χ1v) is 7.74. The van der Waals surface area contributed by atoms with Crippen molar-refractivity contribution < 1.29 is 9.53 Å². The quantitative estimate of drug-likeness (QED) is 0.946. The SMILES string of the molecule is N#Cc1ccc2c(c1)CCC(NC(=O)OCc1ccccc1)C2. The van der Waals surface area contributed by atoms with Gasteiger partial charge in [0.1, 0.15) is 6.61 Å². The van der Waals surface area contributed by atoms with Crippen LogP contribution in [0.5, 0.6) is 0 Å². The highest BCUT2D eigenvalue weighted by molar-refractivity contribution is 5.67. The van der Waals surface area contributed by atoms with Crippen LogP contribution in [-0.2, 0) is 24.2 Å². The fourth-order valence-electron chi connectivity index (χ4n) is 2.88. The zero-order valence-electron chi connectivity index (χ0n) is 12.8. The average Bonchev–Trinajstić information content (AvgIpc) is 2.60. The molecule has 0 spiro atoms. The van der Waals surface area contributed by atoms with Gasteiger partial charge in [-0.3, -0.25) is 0 Å². The van der Waals surface area contributed by atoms with E-state index in [1.807, 2.05) is 48.5 Å². The molecule has 1 unspecified atom stereocenters. The van der Waals surface area contributed by atoms with Crippen LogP contribution < -0.4 is 5.32 Å². The van der Waals surface area contributed by atoms with Crippen molar-refractivity contribution in [3.05, 3.63) is 70.8 Å². The molecule has 0 bridgehead atoms. The van der Waals surface area contributed by atoms with E-state index in [0.29, 0.717) is 5.56 Å². The Labute approximate surface area is 135 Å². The second-order valence-electron chi connectivity index (χ2n) is 5.74. The summed E-state index contributed by atoms with van der Waals surface area (Å²) < 4.78 is 5.26. The first-order valence-electron chi connectivity index (χ1n) is 7.74. The van der Waals surface area contributed by atoms with E-state index in [4.69, 9.17) is 10.00 Å². The third-order valence-corrected chi connectivity index (χ3v) is 4.10. The van der Waals surface area contributed by atoms with Crippen LogP contribution in [-0.4, -0.2) is 12.1 Å². The first kappa shape index (κ1) is 15.1. The van der Waals surface area contributed by atoms with Crippen LogP contribution in [0.1, 0.15) is 28.7 Å². The standard InChI is InChI=1S/C19H18N2O2/c20-12-15-6-7-17-11-18(9-8-16(17)10-15)21-19(22)23-13-14-4-2-1-3-5-14/h1-7,10,18H,8-9,11,13H2,(H,21,22). The lowest BCUT2D eigenvalue weighted by atomic mass is 9.87. The van der Waals surface area contributed by atoms with Gasteiger partial charge in [0.15, 0.2) is 0 Å². The molecule has 2 aromatic rings. The molecular weight excluding hydrogens is 288 g/mol. The molecule has 0 saturated carbocycles. The smallest absolute Gasteiger partial charge is 0.407 e. The summed E-state index contributed by atoms with van der Waals surface area (Å²) in [5, 5.41) is 11.9. The highest BCUT2D eigenvalue weighted by atomic mass is 16.5. The van der Waals surface area contributed by atoms with Gasteiger partial charge in [-0.15, -0.1) is 0 Å². The predicted molar refractivity (Wildman–Crippen MR) is 86.7 cm³/mol. The van der Waals surface area contributed by atoms with E-state index in [-0.39, 0.29) is 18.7 Å². The number of hydrogen-bond acceptors (Lipinski definition) is 3. The van der Waals surface area contributed by atoms with Gasteiger partial charge in [-0.1, -0.05) is 36.4 Å². The Kier molecular flexibility index (Phi) is 4.58. The number of amides is 1. The number of nitrogens with one attached hydrogen (secondary N) is 1. The molecule has 2 aromatic carbocycles. The summed E-state index contributed by atoms with van der Waals surface area (Å²) in [5.41, 5.74) is 4.07. The molecule has 1 N–H and O–H groups in total. The van der Waals surface area contributed by atoms with Crippen LogP contribution in [0.2, 0.25) is 0 Å². The van der Waals surface area contributed by atoms with E-state index in [1.54, 1.807) is 0 Å². The van der Waals surface area contributed by atoms with Gasteiger partial charge in [0.05, 0.1) is 11.6 Å². The van der Waals surface area contributed by atoms with Crippen molar-refractivity contribution in [2.75, 3.05) is 0 Å². The number of carbonyl (C=O) groups is 1. The van der Waals surface area contributed by atoms with Gasteiger partial charge < -0.3 is 10.1 Å². The minimum absolute atomic E-state index is 0.0821. The van der Waals surface area contributed by atoms with Crippen LogP contribution in [0, 0.1) is 11.3 Å². The summed E-state index contributed by atoms with van der Waals surface area (Å²) in [4.78, 5) is 11.9. The molecule has 0 saturated heterocycles. The lowest BCUT2D eigenvalue weighted by Gasteiger charge is -2.25. The van der Waals surface area contributed by atoms with Crippen molar-refractivity contribution in [2.45, 2.75) is 31.9 Å². The van der Waals surface area contributed by atoms with E-state index in [9.17, 15) is 4.79 Å². The van der Waals surface area contributed by atoms with E-state index >= 15 is 0 Å². The zero-order valence-corrected chi connectivity index (χ0v) is 12.8. The second kappa shape index (κ2) is 6.97. The fourth-order valence-corrected chi connectivity index (χ4v) is 2.88. The van der Waals surface area contributed by atoms with Crippen LogP contribution in [0.3, 0.4) is 0 Å². The molecule has 1 aliphatic rings. The molecule has 1 amide bonds. The minimum atomic E-state index is -0.379. The van der Waals surface area contributed by atoms with Crippen molar-refractivity contribution in [3.8, 4) is 6.07 Å². The molecule has 3 rings (SSSR count). The lowest BCUT2D eigenvalue weighted by molar-refractivity contribution is 0.134. The number of alkyl carbamates (subject to hydrolysis) is 1. The summed E-state index contributed by atoms with van der Waals surface area (Å²) in [6.07, 6.45) is 2.13. The van der Waals surface area contributed by atoms with Gasteiger partial charge in [-0.25, -0.2) is 4.79 Å². The molecule has 0 aromatic heterocycles. The molecule has 0 radical (unpaired) electrons. The van der Waals surface area contributed by atoms with Gasteiger partial charge in [-0.2, -0.15) is 5.26 Å². The summed E-state index contributed by atoms with van der Waals surface area (Å²) in [7, 11) is 0. The molecule has 0 fully saturated rings. The monoisotopic (exact) mass is 306 g/mol. The Morgan fingerprint density at radius 1 is 1.22 bits per heavy atom. The lowest BCUT2D eigenvalue weighted by Crippen LogP contribution is -2.39. The van der Waals surface area contributed by atoms with Crippen molar-refractivity contribution in [1.29, 1.82) is 5.26 Å². The molecule has 0 heterocycles. The zero-order chi connectivity index (χ0) is 16.1. The Hall–Kier alpha value is -2.80. The molecule has 4 nitrogen and oxygen atoms in total. The van der Waals surface area contributed by atoms with E-state index in [2.05, 4.69) is 11.4 Å². The molecule has 4 heteroatoms. The summed E-state index contributed by atoms with van der Waals surface area (Å²) in [6, 6.07) is 17.6. The number of fused-ring (bicyclic) bond motifs is 1. The predicted octanol–water partition coefficient (Wildman–Crippen LogP) is 3.34. The number of nitriles is 1. The molecular formula is C19H18N2O2. The van der Waals surface area contributed by atoms with Crippen LogP contribution in [0.15, 0.2) is 48.5 Å². The van der Waals surface area contributed by atoms with Gasteiger partial charge in [0, 0.05) is 6.04 Å². The van der Waals surface area contributed by atoms with Gasteiger partial charge in [0.25, 0.3) is 0 Å². The molecule has 1 atom stereocenters. The summed E-state index contributed by atoms with van der Waals surface area (Å²) in [5.74, 6) is 0. The van der Waals surface area contributed by atoms with Crippen molar-refractivity contribution in [1.82, 2.24) is 5.32 Å². The molecule has 116 valence electrons.